The summed E-state index contributed by atoms with van der Waals surface area (Å²) in [6.07, 6.45) is -2.35. The lowest BCUT2D eigenvalue weighted by molar-refractivity contribution is -0.133. The van der Waals surface area contributed by atoms with Gasteiger partial charge in [-0.25, -0.2) is 8.78 Å². The van der Waals surface area contributed by atoms with Crippen LogP contribution < -0.4 is 0 Å². The Kier molecular flexibility index (Phi) is 5.53. The number of halogens is 2. The molecule has 3 nitrogen and oxygen atoms in total. The molecule has 0 unspecified atom stereocenters. The van der Waals surface area contributed by atoms with E-state index in [1.165, 1.54) is 0 Å². The van der Waals surface area contributed by atoms with Crippen molar-refractivity contribution in [2.45, 2.75) is 19.8 Å². The van der Waals surface area contributed by atoms with Gasteiger partial charge in [-0.1, -0.05) is 6.92 Å². The largest absolute Gasteiger partial charge is 0.395 e. The average Bonchev–Trinajstić information content (AvgIpc) is 2.01. The predicted molar refractivity (Wildman–Crippen MR) is 40.0 cm³/mol. The average molecular weight is 181 g/mol. The number of aliphatic hydroxyl groups is 1. The lowest BCUT2D eigenvalue weighted by atomic mass is 10.4. The summed E-state index contributed by atoms with van der Waals surface area (Å²) in [5.41, 5.74) is 0. The van der Waals surface area contributed by atoms with Crippen LogP contribution in [0.5, 0.6) is 0 Å². The molecule has 0 aliphatic carbocycles. The fraction of sp³-hybridized carbons (Fsp3) is 0.857. The number of aliphatic hydroxyl groups excluding tert-OH is 1. The Morgan fingerprint density at radius 1 is 1.58 bits per heavy atom. The van der Waals surface area contributed by atoms with E-state index in [0.717, 1.165) is 4.90 Å². The lowest BCUT2D eigenvalue weighted by Gasteiger charge is -2.20. The predicted octanol–water partition coefficient (Wildman–Crippen LogP) is 0.482. The number of alkyl halides is 2. The highest BCUT2D eigenvalue weighted by Gasteiger charge is 2.15. The molecule has 1 N–H and O–H groups in total. The molecular formula is C7H13F2NO2. The molecule has 5 heteroatoms. The second-order valence-corrected chi connectivity index (χ2v) is 2.31. The molecule has 0 radical (unpaired) electrons. The van der Waals surface area contributed by atoms with Crippen LogP contribution in [0.25, 0.3) is 0 Å². The zero-order chi connectivity index (χ0) is 9.56. The number of rotatable bonds is 5. The summed E-state index contributed by atoms with van der Waals surface area (Å²) in [6, 6.07) is 0. The number of hydrogen-bond acceptors (Lipinski definition) is 2. The van der Waals surface area contributed by atoms with Gasteiger partial charge in [0.2, 0.25) is 5.91 Å². The van der Waals surface area contributed by atoms with Gasteiger partial charge in [0.1, 0.15) is 0 Å². The SMILES string of the molecule is CCC(=O)N(CCO)CC(F)F. The van der Waals surface area contributed by atoms with Crippen LogP contribution in [0.1, 0.15) is 13.3 Å². The molecule has 0 aliphatic heterocycles. The Labute approximate surface area is 70.0 Å². The van der Waals surface area contributed by atoms with Crippen LogP contribution in [0.2, 0.25) is 0 Å². The van der Waals surface area contributed by atoms with Crippen molar-refractivity contribution < 1.29 is 18.7 Å². The summed E-state index contributed by atoms with van der Waals surface area (Å²) in [4.78, 5) is 11.9. The molecule has 12 heavy (non-hydrogen) atoms. The highest BCUT2D eigenvalue weighted by Crippen LogP contribution is 2.00. The van der Waals surface area contributed by atoms with E-state index in [1.807, 2.05) is 0 Å². The van der Waals surface area contributed by atoms with Gasteiger partial charge in [0.25, 0.3) is 6.43 Å². The van der Waals surface area contributed by atoms with E-state index in [0.29, 0.717) is 0 Å². The number of carbonyl (C=O) groups is 1. The second-order valence-electron chi connectivity index (χ2n) is 2.31. The number of nitrogens with zero attached hydrogens (tertiary/aromatic N) is 1. The van der Waals surface area contributed by atoms with Gasteiger partial charge in [-0.3, -0.25) is 4.79 Å². The molecule has 0 saturated heterocycles. The fourth-order valence-corrected chi connectivity index (χ4v) is 0.829. The summed E-state index contributed by atoms with van der Waals surface area (Å²) in [6.45, 7) is 0.709. The van der Waals surface area contributed by atoms with E-state index in [-0.39, 0.29) is 25.5 Å². The van der Waals surface area contributed by atoms with Gasteiger partial charge in [0.05, 0.1) is 13.2 Å². The Morgan fingerprint density at radius 3 is 2.50 bits per heavy atom. The van der Waals surface area contributed by atoms with E-state index in [2.05, 4.69) is 0 Å². The normalized spacial score (nSPS) is 10.4. The molecule has 0 aromatic heterocycles. The molecule has 0 heterocycles. The van der Waals surface area contributed by atoms with Crippen LogP contribution in [-0.2, 0) is 4.79 Å². The zero-order valence-corrected chi connectivity index (χ0v) is 6.96. The molecule has 0 aromatic carbocycles. The molecule has 0 spiro atoms. The van der Waals surface area contributed by atoms with E-state index >= 15 is 0 Å². The van der Waals surface area contributed by atoms with Gasteiger partial charge in [-0.2, -0.15) is 0 Å². The highest BCUT2D eigenvalue weighted by molar-refractivity contribution is 5.75. The van der Waals surface area contributed by atoms with Crippen molar-refractivity contribution in [1.29, 1.82) is 0 Å². The van der Waals surface area contributed by atoms with Crippen LogP contribution in [-0.4, -0.2) is 42.0 Å². The van der Waals surface area contributed by atoms with Crippen LogP contribution in [0.3, 0.4) is 0 Å². The summed E-state index contributed by atoms with van der Waals surface area (Å²) < 4.78 is 23.7. The van der Waals surface area contributed by atoms with E-state index in [9.17, 15) is 13.6 Å². The first-order chi connectivity index (χ1) is 5.61. The van der Waals surface area contributed by atoms with Gasteiger partial charge >= 0.3 is 0 Å². The monoisotopic (exact) mass is 181 g/mol. The minimum atomic E-state index is -2.54. The molecule has 72 valence electrons. The van der Waals surface area contributed by atoms with Crippen LogP contribution in [0, 0.1) is 0 Å². The summed E-state index contributed by atoms with van der Waals surface area (Å²) in [7, 11) is 0. The molecular weight excluding hydrogens is 168 g/mol. The molecule has 0 aromatic rings. The van der Waals surface area contributed by atoms with Gasteiger partial charge < -0.3 is 10.0 Å². The minimum absolute atomic E-state index is 0.0169. The van der Waals surface area contributed by atoms with Crippen molar-refractivity contribution in [1.82, 2.24) is 4.90 Å². The van der Waals surface area contributed by atoms with Gasteiger partial charge in [0, 0.05) is 13.0 Å². The third-order valence-electron chi connectivity index (χ3n) is 1.38. The van der Waals surface area contributed by atoms with E-state index in [1.54, 1.807) is 6.92 Å². The quantitative estimate of drug-likeness (QED) is 0.670. The Balaban J connectivity index is 3.94. The maximum atomic E-state index is 11.8. The van der Waals surface area contributed by atoms with Crippen LogP contribution in [0.4, 0.5) is 8.78 Å². The lowest BCUT2D eigenvalue weighted by Crippen LogP contribution is -2.36. The molecule has 0 bridgehead atoms. The minimum Gasteiger partial charge on any atom is -0.395 e. The highest BCUT2D eigenvalue weighted by atomic mass is 19.3. The maximum Gasteiger partial charge on any atom is 0.255 e. The number of amides is 1. The topological polar surface area (TPSA) is 40.5 Å². The van der Waals surface area contributed by atoms with Crippen molar-refractivity contribution in [3.63, 3.8) is 0 Å². The third kappa shape index (κ3) is 4.23. The third-order valence-corrected chi connectivity index (χ3v) is 1.38. The smallest absolute Gasteiger partial charge is 0.255 e. The Bertz CT molecular complexity index is 141. The summed E-state index contributed by atoms with van der Waals surface area (Å²) in [5, 5.41) is 8.46. The standard InChI is InChI=1S/C7H13F2NO2/c1-2-7(12)10(3-4-11)5-6(8)9/h6,11H,2-5H2,1H3. The van der Waals surface area contributed by atoms with Gasteiger partial charge in [0.15, 0.2) is 0 Å². The molecule has 0 atom stereocenters. The zero-order valence-electron chi connectivity index (χ0n) is 6.96. The van der Waals surface area contributed by atoms with Crippen LogP contribution in [0.15, 0.2) is 0 Å². The van der Waals surface area contributed by atoms with Gasteiger partial charge in [-0.15, -0.1) is 0 Å². The van der Waals surface area contributed by atoms with Crippen molar-refractivity contribution >= 4 is 5.91 Å². The fourth-order valence-electron chi connectivity index (χ4n) is 0.829. The van der Waals surface area contributed by atoms with Crippen LogP contribution >= 0.6 is 0 Å². The number of hydrogen-bond donors (Lipinski definition) is 1. The van der Waals surface area contributed by atoms with Crippen molar-refractivity contribution in [2.24, 2.45) is 0 Å². The summed E-state index contributed by atoms with van der Waals surface area (Å²) >= 11 is 0. The Morgan fingerprint density at radius 2 is 2.17 bits per heavy atom. The van der Waals surface area contributed by atoms with Gasteiger partial charge in [-0.05, 0) is 0 Å². The first kappa shape index (κ1) is 11.3. The van der Waals surface area contributed by atoms with E-state index in [4.69, 9.17) is 5.11 Å². The number of carbonyl (C=O) groups excluding carboxylic acids is 1. The molecule has 0 saturated carbocycles. The first-order valence-electron chi connectivity index (χ1n) is 3.78. The summed E-state index contributed by atoms with van der Waals surface area (Å²) in [5.74, 6) is -0.357. The van der Waals surface area contributed by atoms with Crippen molar-refractivity contribution in [3.8, 4) is 0 Å². The van der Waals surface area contributed by atoms with E-state index < -0.39 is 13.0 Å². The Hall–Kier alpha value is -0.710. The second kappa shape index (κ2) is 5.88. The molecule has 1 amide bonds. The molecule has 0 rings (SSSR count). The van der Waals surface area contributed by atoms with Crippen molar-refractivity contribution in [2.75, 3.05) is 19.7 Å². The van der Waals surface area contributed by atoms with Crippen molar-refractivity contribution in [3.05, 3.63) is 0 Å². The maximum absolute atomic E-state index is 11.8. The molecule has 0 aliphatic rings. The molecule has 0 fully saturated rings. The first-order valence-corrected chi connectivity index (χ1v) is 3.78.